The lowest BCUT2D eigenvalue weighted by Crippen LogP contribution is -2.36. The molecule has 4 saturated heterocycles. The van der Waals surface area contributed by atoms with Crippen LogP contribution in [-0.4, -0.2) is 86.6 Å². The first-order chi connectivity index (χ1) is 34.5. The number of hydrogen-bond donors (Lipinski definition) is 5. The van der Waals surface area contributed by atoms with Crippen molar-refractivity contribution < 1.29 is 63.4 Å². The molecule has 14 nitrogen and oxygen atoms in total. The maximum absolute atomic E-state index is 11.5. The summed E-state index contributed by atoms with van der Waals surface area (Å²) in [6.07, 6.45) is 6.00. The molecule has 0 aliphatic carbocycles. The van der Waals surface area contributed by atoms with Crippen LogP contribution in [0.15, 0.2) is 97.1 Å². The van der Waals surface area contributed by atoms with Gasteiger partial charge in [0.1, 0.15) is 17.2 Å². The Bertz CT molecular complexity index is 2290. The Kier molecular flexibility index (Phi) is 19.2. The lowest BCUT2D eigenvalue weighted by molar-refractivity contribution is -0.257. The number of phenolic OH excluding ortho intramolecular Hbond substituents is 3. The summed E-state index contributed by atoms with van der Waals surface area (Å²) < 4.78 is 50.9. The molecule has 0 bridgehead atoms. The van der Waals surface area contributed by atoms with E-state index in [0.717, 1.165) is 49.7 Å². The lowest BCUT2D eigenvalue weighted by Gasteiger charge is -2.38. The highest BCUT2D eigenvalue weighted by atomic mass is 16.7. The summed E-state index contributed by atoms with van der Waals surface area (Å²) in [4.78, 5) is 0. The largest absolute Gasteiger partial charge is 0.508 e. The maximum atomic E-state index is 11.5. The standard InChI is InChI=1S/C57H73NO13/c1-3-43-32-44(69-57(65-43)51-21-5-7-23-53(51)63)18-11-19-47-34-49(70-54(66-47)38-26-24-37(35-58)25-27-38)31-42(61)15-10-17-46-33-45(67-55(68-46)39-12-8-13-40(59)29-39)16-9-14-41(60)30-48-28-36(2)64-56(71-48)50-20-4-6-22-52(50)62/h4-8,12-13,20-27,29,36,41-49,54-57,59-63H,3,9-11,14-19,28,30-34H2,1-2H3. The van der Waals surface area contributed by atoms with Crippen LogP contribution >= 0.6 is 0 Å². The number of aliphatic hydroxyl groups is 2. The Morgan fingerprint density at radius 1 is 0.507 bits per heavy atom. The van der Waals surface area contributed by atoms with Crippen LogP contribution < -0.4 is 0 Å². The first kappa shape index (κ1) is 52.7. The van der Waals surface area contributed by atoms with E-state index in [1.54, 1.807) is 60.7 Å². The van der Waals surface area contributed by atoms with Gasteiger partial charge in [-0.15, -0.1) is 0 Å². The average Bonchev–Trinajstić information content (AvgIpc) is 3.36. The van der Waals surface area contributed by atoms with Crippen LogP contribution in [0.4, 0.5) is 0 Å². The van der Waals surface area contributed by atoms with E-state index in [-0.39, 0.29) is 66.1 Å². The Balaban J connectivity index is 0.827. The number of nitrogens with zero attached hydrogens (tertiary/aromatic N) is 1. The van der Waals surface area contributed by atoms with E-state index in [4.69, 9.17) is 37.9 Å². The second-order valence-electron chi connectivity index (χ2n) is 20.0. The molecule has 0 saturated carbocycles. The molecule has 0 radical (unpaired) electrons. The third-order valence-electron chi connectivity index (χ3n) is 14.3. The lowest BCUT2D eigenvalue weighted by atomic mass is 9.94. The Morgan fingerprint density at radius 2 is 0.972 bits per heavy atom. The van der Waals surface area contributed by atoms with Gasteiger partial charge in [0, 0.05) is 41.5 Å². The van der Waals surface area contributed by atoms with Crippen LogP contribution in [0.3, 0.4) is 0 Å². The van der Waals surface area contributed by atoms with Gasteiger partial charge in [-0.2, -0.15) is 5.26 Å². The second kappa shape index (κ2) is 25.8. The van der Waals surface area contributed by atoms with Crippen molar-refractivity contribution >= 4 is 0 Å². The summed E-state index contributed by atoms with van der Waals surface area (Å²) in [5.74, 6) is 0.404. The van der Waals surface area contributed by atoms with E-state index in [9.17, 15) is 30.8 Å². The molecule has 0 aromatic heterocycles. The van der Waals surface area contributed by atoms with Crippen molar-refractivity contribution in [3.63, 3.8) is 0 Å². The minimum atomic E-state index is -0.697. The first-order valence-corrected chi connectivity index (χ1v) is 25.9. The molecule has 71 heavy (non-hydrogen) atoms. The molecular formula is C57H73NO13. The van der Waals surface area contributed by atoms with E-state index in [0.29, 0.717) is 80.9 Å². The Labute approximate surface area is 418 Å². The number of rotatable bonds is 21. The van der Waals surface area contributed by atoms with Gasteiger partial charge >= 0.3 is 0 Å². The van der Waals surface area contributed by atoms with Crippen molar-refractivity contribution in [1.82, 2.24) is 0 Å². The van der Waals surface area contributed by atoms with E-state index in [1.807, 2.05) is 43.3 Å². The summed E-state index contributed by atoms with van der Waals surface area (Å²) in [6.45, 7) is 4.08. The van der Waals surface area contributed by atoms with Crippen LogP contribution in [0.1, 0.15) is 170 Å². The van der Waals surface area contributed by atoms with Crippen molar-refractivity contribution in [2.75, 3.05) is 0 Å². The molecule has 5 N–H and O–H groups in total. The van der Waals surface area contributed by atoms with Crippen LogP contribution in [-0.2, 0) is 37.9 Å². The molecule has 384 valence electrons. The SMILES string of the molecule is CCC1CC(CCCC2CC(CC(O)CCCC3CC(CCCC(O)CC4CC(C)OC(c5ccccc5O)O4)OC(c4cccc(O)c4)O3)OC(c3ccc(C#N)cc3)O2)OC(c2ccccc2O)O1. The number of ether oxygens (including phenoxy) is 8. The normalized spacial score (nSPS) is 30.0. The molecule has 14 unspecified atom stereocenters. The molecule has 4 aromatic carbocycles. The monoisotopic (exact) mass is 980 g/mol. The zero-order valence-electron chi connectivity index (χ0n) is 41.1. The summed E-state index contributed by atoms with van der Waals surface area (Å²) in [6, 6.07) is 30.5. The molecule has 14 heteroatoms. The van der Waals surface area contributed by atoms with Crippen molar-refractivity contribution in [1.29, 1.82) is 5.26 Å². The van der Waals surface area contributed by atoms with Gasteiger partial charge in [0.25, 0.3) is 0 Å². The topological polar surface area (TPSA) is 199 Å². The second-order valence-corrected chi connectivity index (χ2v) is 20.0. The van der Waals surface area contributed by atoms with Gasteiger partial charge in [-0.05, 0) is 127 Å². The number of aliphatic hydroxyl groups excluding tert-OH is 2. The molecular weight excluding hydrogens is 907 g/mol. The Hall–Kier alpha value is -4.63. The van der Waals surface area contributed by atoms with Crippen LogP contribution in [0, 0.1) is 11.3 Å². The number of benzene rings is 4. The van der Waals surface area contributed by atoms with Gasteiger partial charge in [-0.25, -0.2) is 0 Å². The zero-order chi connectivity index (χ0) is 49.7. The third-order valence-corrected chi connectivity index (χ3v) is 14.3. The van der Waals surface area contributed by atoms with E-state index in [1.165, 1.54) is 0 Å². The quantitative estimate of drug-likeness (QED) is 0.0528. The fourth-order valence-corrected chi connectivity index (χ4v) is 10.5. The number of aromatic hydroxyl groups is 3. The molecule has 0 amide bonds. The number of para-hydroxylation sites is 2. The van der Waals surface area contributed by atoms with Crippen LogP contribution in [0.5, 0.6) is 17.2 Å². The van der Waals surface area contributed by atoms with Crippen molar-refractivity contribution in [2.24, 2.45) is 0 Å². The van der Waals surface area contributed by atoms with Gasteiger partial charge in [0.15, 0.2) is 25.2 Å². The molecule has 0 spiro atoms. The fourth-order valence-electron chi connectivity index (χ4n) is 10.5. The van der Waals surface area contributed by atoms with Gasteiger partial charge in [0.05, 0.1) is 72.7 Å². The van der Waals surface area contributed by atoms with E-state index >= 15 is 0 Å². The first-order valence-electron chi connectivity index (χ1n) is 25.9. The predicted octanol–water partition coefficient (Wildman–Crippen LogP) is 10.9. The van der Waals surface area contributed by atoms with Crippen LogP contribution in [0.2, 0.25) is 0 Å². The van der Waals surface area contributed by atoms with E-state index in [2.05, 4.69) is 13.0 Å². The van der Waals surface area contributed by atoms with Gasteiger partial charge in [-0.3, -0.25) is 0 Å². The Morgan fingerprint density at radius 3 is 1.54 bits per heavy atom. The van der Waals surface area contributed by atoms with Crippen molar-refractivity contribution in [3.05, 3.63) is 125 Å². The smallest absolute Gasteiger partial charge is 0.188 e. The van der Waals surface area contributed by atoms with E-state index < -0.39 is 37.4 Å². The average molecular weight is 980 g/mol. The van der Waals surface area contributed by atoms with Gasteiger partial charge in [0.2, 0.25) is 0 Å². The minimum Gasteiger partial charge on any atom is -0.508 e. The molecule has 14 atom stereocenters. The van der Waals surface area contributed by atoms with Crippen molar-refractivity contribution in [3.8, 4) is 23.3 Å². The summed E-state index contributed by atoms with van der Waals surface area (Å²) in [5, 5.41) is 63.3. The maximum Gasteiger partial charge on any atom is 0.188 e. The molecule has 8 rings (SSSR count). The van der Waals surface area contributed by atoms with Crippen molar-refractivity contribution in [2.45, 2.75) is 203 Å². The summed E-state index contributed by atoms with van der Waals surface area (Å²) in [5.41, 5.74) is 3.32. The number of nitriles is 1. The molecule has 4 aliphatic heterocycles. The third kappa shape index (κ3) is 15.2. The minimum absolute atomic E-state index is 0.0235. The highest BCUT2D eigenvalue weighted by Crippen LogP contribution is 2.40. The number of phenols is 3. The summed E-state index contributed by atoms with van der Waals surface area (Å²) in [7, 11) is 0. The highest BCUT2D eigenvalue weighted by Gasteiger charge is 2.36. The molecule has 4 aliphatic rings. The van der Waals surface area contributed by atoms with Gasteiger partial charge in [-0.1, -0.05) is 67.6 Å². The van der Waals surface area contributed by atoms with Gasteiger partial charge < -0.3 is 63.4 Å². The number of hydrogen-bond acceptors (Lipinski definition) is 14. The molecule has 4 aromatic rings. The zero-order valence-corrected chi connectivity index (χ0v) is 41.1. The molecule has 4 fully saturated rings. The highest BCUT2D eigenvalue weighted by molar-refractivity contribution is 5.34. The predicted molar refractivity (Wildman–Crippen MR) is 263 cm³/mol. The summed E-state index contributed by atoms with van der Waals surface area (Å²) >= 11 is 0. The fraction of sp³-hybridized carbons (Fsp3) is 0.561. The molecule has 4 heterocycles. The van der Waals surface area contributed by atoms with Crippen LogP contribution in [0.25, 0.3) is 0 Å².